The highest BCUT2D eigenvalue weighted by molar-refractivity contribution is 6.42. The molecule has 2 aromatic carbocycles. The molecule has 2 amide bonds. The van der Waals surface area contributed by atoms with Gasteiger partial charge in [0.05, 0.1) is 16.7 Å². The largest absolute Gasteiger partial charge is 0.494 e. The highest BCUT2D eigenvalue weighted by Gasteiger charge is 2.28. The summed E-state index contributed by atoms with van der Waals surface area (Å²) in [5.74, 6) is 0.735. The maximum Gasteiger partial charge on any atom is 0.242 e. The van der Waals surface area contributed by atoms with E-state index in [-0.39, 0.29) is 24.8 Å². The Labute approximate surface area is 211 Å². The predicted molar refractivity (Wildman–Crippen MR) is 135 cm³/mol. The molecule has 0 aliphatic rings. The van der Waals surface area contributed by atoms with Gasteiger partial charge in [0, 0.05) is 24.5 Å². The zero-order valence-electron chi connectivity index (χ0n) is 19.2. The van der Waals surface area contributed by atoms with Crippen LogP contribution in [0.15, 0.2) is 42.5 Å². The van der Waals surface area contributed by atoms with E-state index >= 15 is 0 Å². The third kappa shape index (κ3) is 9.07. The molecule has 0 fully saturated rings. The van der Waals surface area contributed by atoms with E-state index < -0.39 is 6.04 Å². The number of nitrogens with zero attached hydrogens (tertiary/aromatic N) is 1. The molecule has 5 nitrogen and oxygen atoms in total. The van der Waals surface area contributed by atoms with Crippen LogP contribution in [0.25, 0.3) is 0 Å². The van der Waals surface area contributed by atoms with Crippen molar-refractivity contribution < 1.29 is 14.3 Å². The number of carbonyl (C=O) groups excluding carboxylic acids is 2. The van der Waals surface area contributed by atoms with E-state index in [0.29, 0.717) is 52.7 Å². The number of hydrogen-bond donors (Lipinski definition) is 1. The summed E-state index contributed by atoms with van der Waals surface area (Å²) in [5, 5.41) is 4.44. The van der Waals surface area contributed by atoms with Crippen molar-refractivity contribution in [3.05, 3.63) is 63.1 Å². The van der Waals surface area contributed by atoms with Crippen LogP contribution >= 0.6 is 34.8 Å². The van der Waals surface area contributed by atoms with E-state index in [4.69, 9.17) is 39.5 Å². The molecule has 180 valence electrons. The second-order valence-electron chi connectivity index (χ2n) is 8.24. The van der Waals surface area contributed by atoms with Gasteiger partial charge in [0.25, 0.3) is 0 Å². The minimum absolute atomic E-state index is 0.118. The van der Waals surface area contributed by atoms with Gasteiger partial charge in [-0.15, -0.1) is 0 Å². The lowest BCUT2D eigenvalue weighted by atomic mass is 10.1. The Balaban J connectivity index is 2.08. The zero-order chi connectivity index (χ0) is 24.4. The number of ether oxygens (including phenoxy) is 1. The lowest BCUT2D eigenvalue weighted by Crippen LogP contribution is -2.49. The molecule has 0 saturated carbocycles. The Morgan fingerprint density at radius 1 is 1.03 bits per heavy atom. The van der Waals surface area contributed by atoms with Crippen LogP contribution in [0.2, 0.25) is 15.1 Å². The van der Waals surface area contributed by atoms with Gasteiger partial charge >= 0.3 is 0 Å². The van der Waals surface area contributed by atoms with Gasteiger partial charge in [-0.1, -0.05) is 61.6 Å². The number of benzene rings is 2. The molecule has 0 bridgehead atoms. The standard InChI is InChI=1S/C25H31Cl3N2O3/c1-4-23(25(32)29-15-17(2)3)30(16-18-7-12-21(27)22(28)14-18)24(31)6-5-13-33-20-10-8-19(26)9-11-20/h7-12,14,17,23H,4-6,13,15-16H2,1-3H3,(H,29,32). The number of halogens is 3. The van der Waals surface area contributed by atoms with Crippen molar-refractivity contribution in [1.29, 1.82) is 0 Å². The van der Waals surface area contributed by atoms with Gasteiger partial charge in [0.1, 0.15) is 11.8 Å². The Hall–Kier alpha value is -1.95. The minimum Gasteiger partial charge on any atom is -0.494 e. The number of rotatable bonds is 12. The van der Waals surface area contributed by atoms with E-state index in [1.54, 1.807) is 41.3 Å². The molecule has 0 aromatic heterocycles. The first-order valence-electron chi connectivity index (χ1n) is 11.1. The maximum atomic E-state index is 13.2. The van der Waals surface area contributed by atoms with Crippen LogP contribution in [0, 0.1) is 5.92 Å². The number of hydrogen-bond acceptors (Lipinski definition) is 3. The van der Waals surface area contributed by atoms with Crippen molar-refractivity contribution in [3.63, 3.8) is 0 Å². The maximum absolute atomic E-state index is 13.2. The molecule has 33 heavy (non-hydrogen) atoms. The Morgan fingerprint density at radius 3 is 2.33 bits per heavy atom. The van der Waals surface area contributed by atoms with Crippen LogP contribution in [0.5, 0.6) is 5.75 Å². The molecule has 1 N–H and O–H groups in total. The smallest absolute Gasteiger partial charge is 0.242 e. The molecular formula is C25H31Cl3N2O3. The van der Waals surface area contributed by atoms with Gasteiger partial charge < -0.3 is 15.0 Å². The Bertz CT molecular complexity index is 920. The fraction of sp³-hybridized carbons (Fsp3) is 0.440. The number of nitrogens with one attached hydrogen (secondary N) is 1. The summed E-state index contributed by atoms with van der Waals surface area (Å²) in [6.45, 7) is 7.16. The van der Waals surface area contributed by atoms with Gasteiger partial charge in [-0.2, -0.15) is 0 Å². The van der Waals surface area contributed by atoms with Gasteiger partial charge in [-0.25, -0.2) is 0 Å². The van der Waals surface area contributed by atoms with E-state index in [2.05, 4.69) is 5.32 Å². The summed E-state index contributed by atoms with van der Waals surface area (Å²) in [6, 6.07) is 11.7. The van der Waals surface area contributed by atoms with Crippen LogP contribution in [-0.4, -0.2) is 35.9 Å². The molecule has 1 atom stereocenters. The summed E-state index contributed by atoms with van der Waals surface area (Å²) >= 11 is 18.1. The van der Waals surface area contributed by atoms with E-state index in [0.717, 1.165) is 5.56 Å². The monoisotopic (exact) mass is 512 g/mol. The quantitative estimate of drug-likeness (QED) is 0.335. The molecule has 8 heteroatoms. The molecule has 0 aliphatic heterocycles. The predicted octanol–water partition coefficient (Wildman–Crippen LogP) is 6.39. The molecule has 0 radical (unpaired) electrons. The lowest BCUT2D eigenvalue weighted by molar-refractivity contribution is -0.141. The van der Waals surface area contributed by atoms with E-state index in [1.165, 1.54) is 0 Å². The third-order valence-electron chi connectivity index (χ3n) is 5.02. The Morgan fingerprint density at radius 2 is 1.73 bits per heavy atom. The van der Waals surface area contributed by atoms with Crippen LogP contribution in [0.1, 0.15) is 45.6 Å². The minimum atomic E-state index is -0.581. The van der Waals surface area contributed by atoms with Crippen molar-refractivity contribution >= 4 is 46.6 Å². The van der Waals surface area contributed by atoms with Crippen LogP contribution in [0.3, 0.4) is 0 Å². The summed E-state index contributed by atoms with van der Waals surface area (Å²) in [6.07, 6.45) is 1.27. The van der Waals surface area contributed by atoms with Crippen LogP contribution in [-0.2, 0) is 16.1 Å². The highest BCUT2D eigenvalue weighted by Crippen LogP contribution is 2.24. The van der Waals surface area contributed by atoms with E-state index in [1.807, 2.05) is 26.8 Å². The highest BCUT2D eigenvalue weighted by atomic mass is 35.5. The lowest BCUT2D eigenvalue weighted by Gasteiger charge is -2.31. The first-order valence-corrected chi connectivity index (χ1v) is 12.2. The molecule has 0 saturated heterocycles. The average Bonchev–Trinajstić information content (AvgIpc) is 2.78. The second-order valence-corrected chi connectivity index (χ2v) is 9.49. The first kappa shape index (κ1) is 27.3. The van der Waals surface area contributed by atoms with Gasteiger partial charge in [0.2, 0.25) is 11.8 Å². The molecule has 2 aromatic rings. The second kappa shape index (κ2) is 13.7. The molecular weight excluding hydrogens is 483 g/mol. The molecule has 0 spiro atoms. The zero-order valence-corrected chi connectivity index (χ0v) is 21.5. The average molecular weight is 514 g/mol. The topological polar surface area (TPSA) is 58.6 Å². The summed E-state index contributed by atoms with van der Waals surface area (Å²) in [4.78, 5) is 27.7. The molecule has 1 unspecified atom stereocenters. The summed E-state index contributed by atoms with van der Waals surface area (Å²) < 4.78 is 5.70. The summed E-state index contributed by atoms with van der Waals surface area (Å²) in [7, 11) is 0. The normalized spacial score (nSPS) is 11.8. The van der Waals surface area contributed by atoms with Crippen molar-refractivity contribution in [2.75, 3.05) is 13.2 Å². The first-order chi connectivity index (χ1) is 15.7. The third-order valence-corrected chi connectivity index (χ3v) is 6.02. The number of carbonyl (C=O) groups is 2. The molecule has 0 aliphatic carbocycles. The SMILES string of the molecule is CCC(C(=O)NCC(C)C)N(Cc1ccc(Cl)c(Cl)c1)C(=O)CCCOc1ccc(Cl)cc1. The van der Waals surface area contributed by atoms with E-state index in [9.17, 15) is 9.59 Å². The van der Waals surface area contributed by atoms with Crippen molar-refractivity contribution in [2.24, 2.45) is 5.92 Å². The van der Waals surface area contributed by atoms with Gasteiger partial charge in [0.15, 0.2) is 0 Å². The molecule has 0 heterocycles. The van der Waals surface area contributed by atoms with Crippen molar-refractivity contribution in [3.8, 4) is 5.75 Å². The van der Waals surface area contributed by atoms with Crippen molar-refractivity contribution in [1.82, 2.24) is 10.2 Å². The number of amides is 2. The fourth-order valence-electron chi connectivity index (χ4n) is 3.26. The van der Waals surface area contributed by atoms with Gasteiger partial charge in [-0.05, 0) is 60.7 Å². The van der Waals surface area contributed by atoms with Crippen LogP contribution in [0.4, 0.5) is 0 Å². The Kier molecular flexibility index (Phi) is 11.3. The fourth-order valence-corrected chi connectivity index (χ4v) is 3.71. The summed E-state index contributed by atoms with van der Waals surface area (Å²) in [5.41, 5.74) is 0.810. The van der Waals surface area contributed by atoms with Gasteiger partial charge in [-0.3, -0.25) is 9.59 Å². The molecule has 2 rings (SSSR count). The van der Waals surface area contributed by atoms with Crippen LogP contribution < -0.4 is 10.1 Å². The van der Waals surface area contributed by atoms with Crippen molar-refractivity contribution in [2.45, 2.75) is 52.6 Å².